The van der Waals surface area contributed by atoms with Crippen LogP contribution in [0.1, 0.15) is 0 Å². The zero-order valence-electron chi connectivity index (χ0n) is 15.8. The summed E-state index contributed by atoms with van der Waals surface area (Å²) >= 11 is 0. The Morgan fingerprint density at radius 2 is 1.83 bits per heavy atom. The summed E-state index contributed by atoms with van der Waals surface area (Å²) in [6, 6.07) is 13.4. The minimum atomic E-state index is -4.41. The van der Waals surface area contributed by atoms with Gasteiger partial charge in [0.05, 0.1) is 10.6 Å². The fraction of sp³-hybridized carbons (Fsp3) is 0.200. The molecule has 2 N–H and O–H groups in total. The lowest BCUT2D eigenvalue weighted by Crippen LogP contribution is -2.44. The van der Waals surface area contributed by atoms with Crippen LogP contribution in [0.4, 0.5) is 15.8 Å². The molecule has 1 heterocycles. The maximum Gasteiger partial charge on any atom is 0.294 e. The van der Waals surface area contributed by atoms with Crippen molar-refractivity contribution in [2.45, 2.75) is 4.90 Å². The van der Waals surface area contributed by atoms with Gasteiger partial charge < -0.3 is 15.1 Å². The van der Waals surface area contributed by atoms with E-state index in [1.165, 1.54) is 30.5 Å². The number of nitriles is 1. The van der Waals surface area contributed by atoms with Gasteiger partial charge in [-0.1, -0.05) is 18.2 Å². The van der Waals surface area contributed by atoms with Crippen LogP contribution in [0.3, 0.4) is 0 Å². The standard InChI is InChI=1S/C20H19FN4O4S/c21-18-6-1-2-7-19(18)25-10-8-24(9-11-25)14-15(13-22)20(26)23-16-4-3-5-17(12-16)30(27,28)29/h1-7,12,14H,8-11H2,(H,23,26)(H,27,28,29)/b15-14-. The molecule has 10 heteroatoms. The second-order valence-electron chi connectivity index (χ2n) is 6.59. The summed E-state index contributed by atoms with van der Waals surface area (Å²) in [7, 11) is -4.41. The molecule has 3 rings (SSSR count). The number of anilines is 2. The monoisotopic (exact) mass is 430 g/mol. The number of halogens is 1. The minimum absolute atomic E-state index is 0.126. The predicted octanol–water partition coefficient (Wildman–Crippen LogP) is 2.24. The first-order chi connectivity index (χ1) is 14.3. The summed E-state index contributed by atoms with van der Waals surface area (Å²) in [5.74, 6) is -1.01. The lowest BCUT2D eigenvalue weighted by Gasteiger charge is -2.35. The maximum absolute atomic E-state index is 13.9. The molecule has 0 unspecified atom stereocenters. The third-order valence-electron chi connectivity index (χ3n) is 4.57. The Bertz CT molecular complexity index is 1120. The Labute approximate surface area is 173 Å². The van der Waals surface area contributed by atoms with Crippen molar-refractivity contribution in [3.05, 3.63) is 66.1 Å². The first-order valence-electron chi connectivity index (χ1n) is 9.02. The first kappa shape index (κ1) is 21.3. The third-order valence-corrected chi connectivity index (χ3v) is 5.42. The highest BCUT2D eigenvalue weighted by Gasteiger charge is 2.20. The van der Waals surface area contributed by atoms with Gasteiger partial charge in [0.15, 0.2) is 0 Å². The van der Waals surface area contributed by atoms with Crippen LogP contribution < -0.4 is 10.2 Å². The van der Waals surface area contributed by atoms with Crippen LogP contribution in [-0.4, -0.2) is 50.0 Å². The summed E-state index contributed by atoms with van der Waals surface area (Å²) in [6.07, 6.45) is 1.43. The molecule has 1 aliphatic rings. The van der Waals surface area contributed by atoms with Crippen molar-refractivity contribution in [2.24, 2.45) is 0 Å². The molecule has 2 aromatic rings. The number of carbonyl (C=O) groups excluding carboxylic acids is 1. The zero-order chi connectivity index (χ0) is 21.7. The lowest BCUT2D eigenvalue weighted by molar-refractivity contribution is -0.112. The van der Waals surface area contributed by atoms with Gasteiger partial charge in [0, 0.05) is 38.1 Å². The largest absolute Gasteiger partial charge is 0.373 e. The Morgan fingerprint density at radius 3 is 2.47 bits per heavy atom. The fourth-order valence-corrected chi connectivity index (χ4v) is 3.58. The van der Waals surface area contributed by atoms with E-state index in [1.54, 1.807) is 23.1 Å². The smallest absolute Gasteiger partial charge is 0.294 e. The van der Waals surface area contributed by atoms with E-state index in [9.17, 15) is 22.9 Å². The second-order valence-corrected chi connectivity index (χ2v) is 8.01. The van der Waals surface area contributed by atoms with Gasteiger partial charge >= 0.3 is 0 Å². The number of hydrogen-bond acceptors (Lipinski definition) is 6. The van der Waals surface area contributed by atoms with Gasteiger partial charge in [0.2, 0.25) is 0 Å². The number of amides is 1. The van der Waals surface area contributed by atoms with Crippen molar-refractivity contribution in [1.82, 2.24) is 4.90 Å². The molecule has 0 radical (unpaired) electrons. The van der Waals surface area contributed by atoms with E-state index < -0.39 is 16.0 Å². The van der Waals surface area contributed by atoms with E-state index in [4.69, 9.17) is 4.55 Å². The van der Waals surface area contributed by atoms with Crippen LogP contribution in [-0.2, 0) is 14.9 Å². The fourth-order valence-electron chi connectivity index (χ4n) is 3.05. The van der Waals surface area contributed by atoms with Gasteiger partial charge in [-0.3, -0.25) is 9.35 Å². The van der Waals surface area contributed by atoms with Crippen molar-refractivity contribution in [3.63, 3.8) is 0 Å². The molecule has 0 atom stereocenters. The Hall–Kier alpha value is -3.42. The predicted molar refractivity (Wildman–Crippen MR) is 109 cm³/mol. The normalized spacial score (nSPS) is 14.9. The molecule has 0 spiro atoms. The molecule has 0 aromatic heterocycles. The Balaban J connectivity index is 1.66. The van der Waals surface area contributed by atoms with Gasteiger partial charge in [-0.05, 0) is 30.3 Å². The summed E-state index contributed by atoms with van der Waals surface area (Å²) in [5, 5.41) is 11.8. The molecule has 0 bridgehead atoms. The van der Waals surface area contributed by atoms with Crippen molar-refractivity contribution < 1.29 is 22.2 Å². The molecular weight excluding hydrogens is 411 g/mol. The highest BCUT2D eigenvalue weighted by Crippen LogP contribution is 2.21. The first-order valence-corrected chi connectivity index (χ1v) is 10.5. The summed E-state index contributed by atoms with van der Waals surface area (Å²) in [4.78, 5) is 15.7. The number of hydrogen-bond donors (Lipinski definition) is 2. The number of piperazine rings is 1. The lowest BCUT2D eigenvalue weighted by atomic mass is 10.2. The topological polar surface area (TPSA) is 114 Å². The van der Waals surface area contributed by atoms with E-state index in [1.807, 2.05) is 11.0 Å². The molecule has 0 aliphatic carbocycles. The molecule has 1 aliphatic heterocycles. The Morgan fingerprint density at radius 1 is 1.13 bits per heavy atom. The number of benzene rings is 2. The average molecular weight is 430 g/mol. The number of carbonyl (C=O) groups is 1. The number of rotatable bonds is 5. The van der Waals surface area contributed by atoms with Crippen LogP contribution in [0.15, 0.2) is 65.2 Å². The quantitative estimate of drug-likeness (QED) is 0.425. The summed E-state index contributed by atoms with van der Waals surface area (Å²) in [5.41, 5.74) is 0.477. The summed E-state index contributed by atoms with van der Waals surface area (Å²) in [6.45, 7) is 2.03. The molecule has 1 saturated heterocycles. The average Bonchev–Trinajstić information content (AvgIpc) is 2.72. The highest BCUT2D eigenvalue weighted by molar-refractivity contribution is 7.85. The van der Waals surface area contributed by atoms with E-state index >= 15 is 0 Å². The zero-order valence-corrected chi connectivity index (χ0v) is 16.6. The van der Waals surface area contributed by atoms with Gasteiger partial charge in [-0.25, -0.2) is 4.39 Å². The summed E-state index contributed by atoms with van der Waals surface area (Å²) < 4.78 is 45.5. The highest BCUT2D eigenvalue weighted by atomic mass is 32.2. The van der Waals surface area contributed by atoms with Gasteiger partial charge in [0.1, 0.15) is 17.5 Å². The van der Waals surface area contributed by atoms with E-state index in [-0.39, 0.29) is 22.0 Å². The number of para-hydroxylation sites is 1. The van der Waals surface area contributed by atoms with Gasteiger partial charge in [-0.2, -0.15) is 13.7 Å². The van der Waals surface area contributed by atoms with Crippen LogP contribution in [0.2, 0.25) is 0 Å². The van der Waals surface area contributed by atoms with Crippen LogP contribution in [0, 0.1) is 17.1 Å². The molecule has 30 heavy (non-hydrogen) atoms. The van der Waals surface area contributed by atoms with Gasteiger partial charge in [0.25, 0.3) is 16.0 Å². The van der Waals surface area contributed by atoms with Crippen LogP contribution in [0.5, 0.6) is 0 Å². The molecule has 1 amide bonds. The van der Waals surface area contributed by atoms with Crippen LogP contribution >= 0.6 is 0 Å². The van der Waals surface area contributed by atoms with Crippen LogP contribution in [0.25, 0.3) is 0 Å². The van der Waals surface area contributed by atoms with E-state index in [2.05, 4.69) is 5.32 Å². The number of nitrogens with zero attached hydrogens (tertiary/aromatic N) is 3. The van der Waals surface area contributed by atoms with E-state index in [0.717, 1.165) is 6.07 Å². The van der Waals surface area contributed by atoms with Gasteiger partial charge in [-0.15, -0.1) is 0 Å². The molecule has 8 nitrogen and oxygen atoms in total. The second kappa shape index (κ2) is 8.94. The molecule has 0 saturated carbocycles. The Kier molecular flexibility index (Phi) is 6.34. The van der Waals surface area contributed by atoms with Crippen molar-refractivity contribution in [3.8, 4) is 6.07 Å². The maximum atomic E-state index is 13.9. The number of nitrogens with one attached hydrogen (secondary N) is 1. The molecular formula is C20H19FN4O4S. The molecule has 156 valence electrons. The van der Waals surface area contributed by atoms with Crippen molar-refractivity contribution >= 4 is 27.4 Å². The third kappa shape index (κ3) is 5.14. The minimum Gasteiger partial charge on any atom is -0.373 e. The van der Waals surface area contributed by atoms with Crippen molar-refractivity contribution in [1.29, 1.82) is 5.26 Å². The molecule has 2 aromatic carbocycles. The SMILES string of the molecule is N#C/C(=C/N1CCN(c2ccccc2F)CC1)C(=O)Nc1cccc(S(=O)(=O)O)c1. The molecule has 1 fully saturated rings. The van der Waals surface area contributed by atoms with E-state index in [0.29, 0.717) is 31.9 Å². The van der Waals surface area contributed by atoms with Crippen molar-refractivity contribution in [2.75, 3.05) is 36.4 Å².